The van der Waals surface area contributed by atoms with Crippen LogP contribution in [0.4, 0.5) is 5.69 Å². The normalized spacial score (nSPS) is 14.4. The summed E-state index contributed by atoms with van der Waals surface area (Å²) in [5.41, 5.74) is 9.91. The van der Waals surface area contributed by atoms with E-state index in [1.54, 1.807) is 0 Å². The number of hydrogen-bond acceptors (Lipinski definition) is 2. The molecule has 1 aliphatic carbocycles. The lowest BCUT2D eigenvalue weighted by Gasteiger charge is -2.05. The quantitative estimate of drug-likeness (QED) is 0.680. The Kier molecular flexibility index (Phi) is 3.49. The van der Waals surface area contributed by atoms with Crippen molar-refractivity contribution in [1.82, 2.24) is 0 Å². The van der Waals surface area contributed by atoms with E-state index >= 15 is 0 Å². The lowest BCUT2D eigenvalue weighted by atomic mass is 9.99. The molecule has 3 aromatic carbocycles. The maximum Gasteiger partial charge on any atom is 0.0918 e. The molecule has 0 saturated heterocycles. The molecule has 0 aromatic heterocycles. The van der Waals surface area contributed by atoms with E-state index < -0.39 is 0 Å². The van der Waals surface area contributed by atoms with Gasteiger partial charge in [-0.1, -0.05) is 72.8 Å². The van der Waals surface area contributed by atoms with Gasteiger partial charge in [-0.2, -0.15) is 5.10 Å². The van der Waals surface area contributed by atoms with Crippen LogP contribution in [0.15, 0.2) is 96.1 Å². The number of nitrogens with zero attached hydrogens (tertiary/aromatic N) is 1. The number of allylic oxidation sites excluding steroid dienone is 1. The first-order valence-electron chi connectivity index (χ1n) is 7.67. The lowest BCUT2D eigenvalue weighted by molar-refractivity contribution is 1.34. The van der Waals surface area contributed by atoms with Crippen molar-refractivity contribution in [3.05, 3.63) is 108 Å². The molecule has 0 amide bonds. The van der Waals surface area contributed by atoms with Crippen molar-refractivity contribution >= 4 is 17.0 Å². The lowest BCUT2D eigenvalue weighted by Crippen LogP contribution is -1.99. The van der Waals surface area contributed by atoms with E-state index in [4.69, 9.17) is 0 Å². The van der Waals surface area contributed by atoms with Gasteiger partial charge in [-0.25, -0.2) is 0 Å². The summed E-state index contributed by atoms with van der Waals surface area (Å²) >= 11 is 0. The van der Waals surface area contributed by atoms with Gasteiger partial charge >= 0.3 is 0 Å². The highest BCUT2D eigenvalue weighted by Gasteiger charge is 2.20. The van der Waals surface area contributed by atoms with Crippen molar-refractivity contribution < 1.29 is 0 Å². The van der Waals surface area contributed by atoms with Crippen LogP contribution < -0.4 is 5.43 Å². The van der Waals surface area contributed by atoms with Crippen LogP contribution in [0.3, 0.4) is 0 Å². The molecule has 110 valence electrons. The maximum absolute atomic E-state index is 4.60. The van der Waals surface area contributed by atoms with Crippen LogP contribution in [0, 0.1) is 0 Å². The largest absolute Gasteiger partial charge is 0.278 e. The third-order valence-corrected chi connectivity index (χ3v) is 3.94. The predicted molar refractivity (Wildman–Crippen MR) is 96.6 cm³/mol. The minimum atomic E-state index is 0.961. The van der Waals surface area contributed by atoms with Crippen LogP contribution in [0.5, 0.6) is 0 Å². The molecule has 0 radical (unpaired) electrons. The standard InChI is InChI=1S/C21H16N2/c1-3-9-16(10-4-1)20-15-21(19-14-8-7-13-18(19)20)23-22-17-11-5-2-6-12-17/h1-15,22H/b23-21+. The van der Waals surface area contributed by atoms with Crippen molar-refractivity contribution in [2.45, 2.75) is 0 Å². The second kappa shape index (κ2) is 5.93. The van der Waals surface area contributed by atoms with Crippen LogP contribution in [0.25, 0.3) is 5.57 Å². The fraction of sp³-hybridized carbons (Fsp3) is 0. The summed E-state index contributed by atoms with van der Waals surface area (Å²) in [6.07, 6.45) is 2.15. The van der Waals surface area contributed by atoms with Crippen LogP contribution in [0.1, 0.15) is 16.7 Å². The van der Waals surface area contributed by atoms with E-state index in [1.165, 1.54) is 16.7 Å². The number of benzene rings is 3. The average Bonchev–Trinajstić information content (AvgIpc) is 3.01. The molecule has 0 aliphatic heterocycles. The number of nitrogens with one attached hydrogen (secondary N) is 1. The van der Waals surface area contributed by atoms with E-state index in [9.17, 15) is 0 Å². The minimum Gasteiger partial charge on any atom is -0.278 e. The topological polar surface area (TPSA) is 24.4 Å². The Balaban J connectivity index is 1.74. The Morgan fingerprint density at radius 3 is 1.96 bits per heavy atom. The minimum absolute atomic E-state index is 0.961. The SMILES string of the molecule is C1=C(c2ccccc2)c2ccccc2/C1=N/Nc1ccccc1. The third-order valence-electron chi connectivity index (χ3n) is 3.94. The molecule has 0 saturated carbocycles. The molecular formula is C21H16N2. The number of para-hydroxylation sites is 1. The molecule has 0 bridgehead atoms. The van der Waals surface area contributed by atoms with Crippen LogP contribution >= 0.6 is 0 Å². The molecule has 0 unspecified atom stereocenters. The highest BCUT2D eigenvalue weighted by Crippen LogP contribution is 2.32. The van der Waals surface area contributed by atoms with Gasteiger partial charge in [0.1, 0.15) is 0 Å². The number of hydrogen-bond donors (Lipinski definition) is 1. The van der Waals surface area contributed by atoms with Gasteiger partial charge in [0.15, 0.2) is 0 Å². The van der Waals surface area contributed by atoms with Crippen molar-refractivity contribution in [1.29, 1.82) is 0 Å². The number of fused-ring (bicyclic) bond motifs is 1. The van der Waals surface area contributed by atoms with Crippen molar-refractivity contribution in [2.75, 3.05) is 5.43 Å². The van der Waals surface area contributed by atoms with Gasteiger partial charge in [-0.05, 0) is 34.9 Å². The Bertz CT molecular complexity index is 878. The second-order valence-electron chi connectivity index (χ2n) is 5.44. The van der Waals surface area contributed by atoms with E-state index in [-0.39, 0.29) is 0 Å². The molecule has 0 atom stereocenters. The number of rotatable bonds is 3. The first-order chi connectivity index (χ1) is 11.4. The summed E-state index contributed by atoms with van der Waals surface area (Å²) in [5.74, 6) is 0. The highest BCUT2D eigenvalue weighted by atomic mass is 15.3. The van der Waals surface area contributed by atoms with Crippen molar-refractivity contribution in [3.63, 3.8) is 0 Å². The summed E-state index contributed by atoms with van der Waals surface area (Å²) in [6.45, 7) is 0. The van der Waals surface area contributed by atoms with Gasteiger partial charge in [-0.3, -0.25) is 5.43 Å². The fourth-order valence-corrected chi connectivity index (χ4v) is 2.82. The molecule has 3 aromatic rings. The molecule has 0 fully saturated rings. The first-order valence-corrected chi connectivity index (χ1v) is 7.67. The van der Waals surface area contributed by atoms with E-state index in [2.05, 4.69) is 65.1 Å². The predicted octanol–water partition coefficient (Wildman–Crippen LogP) is 4.95. The third kappa shape index (κ3) is 2.67. The van der Waals surface area contributed by atoms with Crippen molar-refractivity contribution in [2.24, 2.45) is 5.10 Å². The van der Waals surface area contributed by atoms with Gasteiger partial charge in [0, 0.05) is 5.56 Å². The number of hydrazone groups is 1. The zero-order valence-corrected chi connectivity index (χ0v) is 12.6. The molecule has 1 aliphatic rings. The average molecular weight is 296 g/mol. The van der Waals surface area contributed by atoms with Crippen LogP contribution in [0.2, 0.25) is 0 Å². The maximum atomic E-state index is 4.60. The van der Waals surface area contributed by atoms with Gasteiger partial charge in [0.05, 0.1) is 11.4 Å². The Morgan fingerprint density at radius 1 is 0.609 bits per heavy atom. The summed E-state index contributed by atoms with van der Waals surface area (Å²) in [5, 5.41) is 4.60. The van der Waals surface area contributed by atoms with E-state index in [0.717, 1.165) is 17.0 Å². The number of anilines is 1. The Labute approximate surface area is 135 Å². The van der Waals surface area contributed by atoms with Gasteiger partial charge < -0.3 is 0 Å². The summed E-state index contributed by atoms with van der Waals surface area (Å²) in [7, 11) is 0. The molecule has 0 spiro atoms. The molecule has 1 N–H and O–H groups in total. The van der Waals surface area contributed by atoms with Crippen LogP contribution in [-0.4, -0.2) is 5.71 Å². The molecule has 23 heavy (non-hydrogen) atoms. The fourth-order valence-electron chi connectivity index (χ4n) is 2.82. The van der Waals surface area contributed by atoms with Gasteiger partial charge in [-0.15, -0.1) is 0 Å². The van der Waals surface area contributed by atoms with Gasteiger partial charge in [0.2, 0.25) is 0 Å². The summed E-state index contributed by atoms with van der Waals surface area (Å²) in [6, 6.07) is 28.8. The first kappa shape index (κ1) is 13.5. The zero-order chi connectivity index (χ0) is 15.5. The molecule has 0 heterocycles. The smallest absolute Gasteiger partial charge is 0.0918 e. The van der Waals surface area contributed by atoms with Gasteiger partial charge in [0.25, 0.3) is 0 Å². The van der Waals surface area contributed by atoms with E-state index in [0.29, 0.717) is 0 Å². The summed E-state index contributed by atoms with van der Waals surface area (Å²) < 4.78 is 0. The zero-order valence-electron chi connectivity index (χ0n) is 12.6. The van der Waals surface area contributed by atoms with Crippen molar-refractivity contribution in [3.8, 4) is 0 Å². The molecule has 2 nitrogen and oxygen atoms in total. The molecular weight excluding hydrogens is 280 g/mol. The van der Waals surface area contributed by atoms with Crippen LogP contribution in [-0.2, 0) is 0 Å². The molecule has 2 heteroatoms. The Morgan fingerprint density at radius 2 is 1.22 bits per heavy atom. The highest BCUT2D eigenvalue weighted by molar-refractivity contribution is 6.21. The second-order valence-corrected chi connectivity index (χ2v) is 5.44. The van der Waals surface area contributed by atoms with E-state index in [1.807, 2.05) is 36.4 Å². The summed E-state index contributed by atoms with van der Waals surface area (Å²) in [4.78, 5) is 0. The Hall–Kier alpha value is -3.13. The molecule has 4 rings (SSSR count). The monoisotopic (exact) mass is 296 g/mol.